The van der Waals surface area contributed by atoms with Crippen LogP contribution in [0.2, 0.25) is 0 Å². The van der Waals surface area contributed by atoms with Gasteiger partial charge in [-0.15, -0.1) is 0 Å². The molecule has 1 amide bonds. The lowest BCUT2D eigenvalue weighted by Gasteiger charge is -2.24. The Bertz CT molecular complexity index is 382. The van der Waals surface area contributed by atoms with Crippen molar-refractivity contribution in [3.8, 4) is 0 Å². The van der Waals surface area contributed by atoms with Crippen molar-refractivity contribution in [1.82, 2.24) is 15.5 Å². The minimum absolute atomic E-state index is 0.00173. The van der Waals surface area contributed by atoms with Crippen molar-refractivity contribution in [2.45, 2.75) is 37.9 Å². The molecule has 1 atom stereocenters. The van der Waals surface area contributed by atoms with Gasteiger partial charge >= 0.3 is 0 Å². The number of nitrogens with zero attached hydrogens (tertiary/aromatic N) is 2. The number of thioether (sulfide) groups is 1. The number of aliphatic imine (C=N–C) groups is 1. The molecule has 0 aromatic rings. The maximum atomic E-state index is 11.7. The van der Waals surface area contributed by atoms with E-state index in [1.165, 1.54) is 18.6 Å². The maximum absolute atomic E-state index is 11.7. The van der Waals surface area contributed by atoms with Crippen LogP contribution in [0.25, 0.3) is 0 Å². The molecule has 1 saturated heterocycles. The largest absolute Gasteiger partial charge is 0.382 e. The van der Waals surface area contributed by atoms with Crippen molar-refractivity contribution in [2.24, 2.45) is 4.99 Å². The fraction of sp³-hybridized carbons (Fsp3) is 0.875. The molecule has 0 aromatic heterocycles. The Morgan fingerprint density at radius 1 is 1.39 bits per heavy atom. The Hall–Kier alpha value is -0.950. The van der Waals surface area contributed by atoms with Crippen LogP contribution < -0.4 is 10.6 Å². The van der Waals surface area contributed by atoms with Gasteiger partial charge in [0.15, 0.2) is 5.96 Å². The van der Waals surface area contributed by atoms with Crippen LogP contribution in [-0.4, -0.2) is 74.2 Å². The summed E-state index contributed by atoms with van der Waals surface area (Å²) in [5, 5.41) is 6.69. The molecule has 2 N–H and O–H groups in total. The molecule has 6 nitrogen and oxygen atoms in total. The lowest BCUT2D eigenvalue weighted by Crippen LogP contribution is -2.44. The van der Waals surface area contributed by atoms with Crippen LogP contribution in [-0.2, 0) is 9.53 Å². The standard InChI is InChI=1S/C16H32N4O2S/c1-5-22-10-7-9-17-15(18-12-14(21)20(3)4)19-13-16(2)8-6-11-23-16/h5-13H2,1-4H3,(H2,17,18,19). The van der Waals surface area contributed by atoms with Crippen molar-refractivity contribution in [2.75, 3.05) is 52.7 Å². The van der Waals surface area contributed by atoms with Crippen molar-refractivity contribution in [3.05, 3.63) is 0 Å². The first-order valence-electron chi connectivity index (χ1n) is 8.41. The van der Waals surface area contributed by atoms with Gasteiger partial charge in [0.25, 0.3) is 0 Å². The molecule has 1 fully saturated rings. The number of guanidine groups is 1. The van der Waals surface area contributed by atoms with Crippen molar-refractivity contribution < 1.29 is 9.53 Å². The normalized spacial score (nSPS) is 21.3. The number of rotatable bonds is 9. The first-order chi connectivity index (χ1) is 11.0. The molecule has 0 radical (unpaired) electrons. The van der Waals surface area contributed by atoms with Gasteiger partial charge in [0, 0.05) is 45.1 Å². The third-order valence-corrected chi connectivity index (χ3v) is 5.30. The van der Waals surface area contributed by atoms with E-state index in [9.17, 15) is 4.79 Å². The smallest absolute Gasteiger partial charge is 0.243 e. The van der Waals surface area contributed by atoms with Crippen LogP contribution in [0, 0.1) is 0 Å². The molecule has 1 aliphatic rings. The number of ether oxygens (including phenoxy) is 1. The molecule has 1 aliphatic heterocycles. The Labute approximate surface area is 144 Å². The zero-order chi connectivity index (χ0) is 17.1. The molecule has 134 valence electrons. The number of hydrogen-bond acceptors (Lipinski definition) is 4. The first-order valence-corrected chi connectivity index (χ1v) is 9.39. The summed E-state index contributed by atoms with van der Waals surface area (Å²) in [5.74, 6) is 1.94. The van der Waals surface area contributed by atoms with Gasteiger partial charge < -0.3 is 20.3 Å². The van der Waals surface area contributed by atoms with Crippen LogP contribution in [0.1, 0.15) is 33.1 Å². The average molecular weight is 345 g/mol. The molecule has 7 heteroatoms. The minimum atomic E-state index is 0.00173. The summed E-state index contributed by atoms with van der Waals surface area (Å²) >= 11 is 2.01. The lowest BCUT2D eigenvalue weighted by molar-refractivity contribution is -0.127. The predicted molar refractivity (Wildman–Crippen MR) is 98.2 cm³/mol. The van der Waals surface area contributed by atoms with Crippen molar-refractivity contribution in [3.63, 3.8) is 0 Å². The van der Waals surface area contributed by atoms with E-state index in [1.54, 1.807) is 19.0 Å². The quantitative estimate of drug-likeness (QED) is 0.375. The highest BCUT2D eigenvalue weighted by molar-refractivity contribution is 8.00. The van der Waals surface area contributed by atoms with Crippen molar-refractivity contribution in [1.29, 1.82) is 0 Å². The summed E-state index contributed by atoms with van der Waals surface area (Å²) in [4.78, 5) is 17.7. The number of nitrogens with one attached hydrogen (secondary N) is 2. The summed E-state index contributed by atoms with van der Waals surface area (Å²) in [7, 11) is 3.49. The van der Waals surface area contributed by atoms with Gasteiger partial charge in [0.2, 0.25) is 5.91 Å². The molecule has 23 heavy (non-hydrogen) atoms. The Balaban J connectivity index is 2.46. The summed E-state index contributed by atoms with van der Waals surface area (Å²) in [6.45, 7) is 7.58. The monoisotopic (exact) mass is 344 g/mol. The summed E-state index contributed by atoms with van der Waals surface area (Å²) in [5.41, 5.74) is 0. The second-order valence-electron chi connectivity index (χ2n) is 6.19. The zero-order valence-corrected chi connectivity index (χ0v) is 15.8. The molecule has 0 saturated carbocycles. The third-order valence-electron chi connectivity index (χ3n) is 3.76. The fourth-order valence-corrected chi connectivity index (χ4v) is 3.48. The second-order valence-corrected chi connectivity index (χ2v) is 7.87. The van der Waals surface area contributed by atoms with E-state index in [-0.39, 0.29) is 17.2 Å². The summed E-state index contributed by atoms with van der Waals surface area (Å²) < 4.78 is 5.60. The lowest BCUT2D eigenvalue weighted by atomic mass is 10.1. The second kappa shape index (κ2) is 10.8. The van der Waals surface area contributed by atoms with Gasteiger partial charge in [-0.05, 0) is 38.9 Å². The van der Waals surface area contributed by atoms with Gasteiger partial charge in [-0.2, -0.15) is 11.8 Å². The Morgan fingerprint density at radius 2 is 2.17 bits per heavy atom. The Kier molecular flexibility index (Phi) is 9.40. The number of carbonyl (C=O) groups is 1. The van der Waals surface area contributed by atoms with E-state index in [2.05, 4.69) is 22.5 Å². The van der Waals surface area contributed by atoms with Crippen LogP contribution >= 0.6 is 11.8 Å². The number of carbonyl (C=O) groups excluding carboxylic acids is 1. The number of likely N-dealkylation sites (N-methyl/N-ethyl adjacent to an activating group) is 1. The van der Waals surface area contributed by atoms with Crippen molar-refractivity contribution >= 4 is 23.6 Å². The Morgan fingerprint density at radius 3 is 2.78 bits per heavy atom. The van der Waals surface area contributed by atoms with E-state index >= 15 is 0 Å². The maximum Gasteiger partial charge on any atom is 0.243 e. The molecule has 0 spiro atoms. The van der Waals surface area contributed by atoms with Gasteiger partial charge in [-0.25, -0.2) is 4.99 Å². The van der Waals surface area contributed by atoms with E-state index < -0.39 is 0 Å². The summed E-state index contributed by atoms with van der Waals surface area (Å²) in [6, 6.07) is 0. The topological polar surface area (TPSA) is 66.0 Å². The predicted octanol–water partition coefficient (Wildman–Crippen LogP) is 1.32. The SMILES string of the molecule is CCOCCCNC(=NCC(=O)N(C)C)NCC1(C)CCCS1. The number of hydrogen-bond donors (Lipinski definition) is 2. The average Bonchev–Trinajstić information content (AvgIpc) is 2.95. The van der Waals surface area contributed by atoms with Crippen LogP contribution in [0.15, 0.2) is 4.99 Å². The van der Waals surface area contributed by atoms with Crippen LogP contribution in [0.4, 0.5) is 0 Å². The van der Waals surface area contributed by atoms with E-state index in [4.69, 9.17) is 4.74 Å². The molecule has 0 aromatic carbocycles. The summed E-state index contributed by atoms with van der Waals surface area (Å²) in [6.07, 6.45) is 3.41. The third kappa shape index (κ3) is 8.46. The van der Waals surface area contributed by atoms with Gasteiger partial charge in [-0.3, -0.25) is 4.79 Å². The molecular weight excluding hydrogens is 312 g/mol. The first kappa shape index (κ1) is 20.1. The number of amides is 1. The minimum Gasteiger partial charge on any atom is -0.382 e. The molecule has 0 bridgehead atoms. The molecular formula is C16H32N4O2S. The van der Waals surface area contributed by atoms with E-state index in [1.807, 2.05) is 18.7 Å². The molecule has 1 rings (SSSR count). The highest BCUT2D eigenvalue weighted by atomic mass is 32.2. The highest BCUT2D eigenvalue weighted by Gasteiger charge is 2.29. The fourth-order valence-electron chi connectivity index (χ4n) is 2.23. The highest BCUT2D eigenvalue weighted by Crippen LogP contribution is 2.36. The van der Waals surface area contributed by atoms with Crippen LogP contribution in [0.3, 0.4) is 0 Å². The van der Waals surface area contributed by atoms with Gasteiger partial charge in [-0.1, -0.05) is 0 Å². The zero-order valence-electron chi connectivity index (χ0n) is 15.0. The van der Waals surface area contributed by atoms with E-state index in [0.717, 1.165) is 32.7 Å². The van der Waals surface area contributed by atoms with Gasteiger partial charge in [0.05, 0.1) is 0 Å². The van der Waals surface area contributed by atoms with Crippen LogP contribution in [0.5, 0.6) is 0 Å². The molecule has 0 aliphatic carbocycles. The molecule has 1 unspecified atom stereocenters. The molecule has 1 heterocycles. The van der Waals surface area contributed by atoms with E-state index in [0.29, 0.717) is 5.96 Å². The van der Waals surface area contributed by atoms with Gasteiger partial charge in [0.1, 0.15) is 6.54 Å².